The van der Waals surface area contributed by atoms with Crippen LogP contribution in [0.15, 0.2) is 18.2 Å². The molecule has 0 amide bonds. The van der Waals surface area contributed by atoms with Crippen LogP contribution in [0.3, 0.4) is 0 Å². The molecule has 0 aliphatic carbocycles. The Bertz CT molecular complexity index is 431. The minimum absolute atomic E-state index is 0.188. The van der Waals surface area contributed by atoms with Crippen LogP contribution >= 0.6 is 11.8 Å². The van der Waals surface area contributed by atoms with Crippen molar-refractivity contribution in [3.63, 3.8) is 0 Å². The highest BCUT2D eigenvalue weighted by molar-refractivity contribution is 7.99. The van der Waals surface area contributed by atoms with Gasteiger partial charge in [-0.25, -0.2) is 0 Å². The van der Waals surface area contributed by atoms with E-state index in [0.717, 1.165) is 12.2 Å². The number of thioether (sulfide) groups is 1. The molecule has 0 spiro atoms. The molecule has 1 N–H and O–H groups in total. The molecule has 1 aromatic rings. The van der Waals surface area contributed by atoms with Crippen molar-refractivity contribution in [2.24, 2.45) is 0 Å². The first-order chi connectivity index (χ1) is 8.66. The Kier molecular flexibility index (Phi) is 4.47. The van der Waals surface area contributed by atoms with E-state index in [9.17, 15) is 10.1 Å². The van der Waals surface area contributed by atoms with Gasteiger partial charge < -0.3 is 5.32 Å². The first kappa shape index (κ1) is 13.2. The predicted molar refractivity (Wildman–Crippen MR) is 76.4 cm³/mol. The SMILES string of the molecule is Cc1cc(NCC2CCCCS2)ccc1[N+](=O)[O-]. The minimum Gasteiger partial charge on any atom is -0.384 e. The summed E-state index contributed by atoms with van der Waals surface area (Å²) in [6.45, 7) is 2.72. The third-order valence-electron chi connectivity index (χ3n) is 3.20. The van der Waals surface area contributed by atoms with Gasteiger partial charge in [0.1, 0.15) is 0 Å². The van der Waals surface area contributed by atoms with E-state index in [2.05, 4.69) is 5.32 Å². The van der Waals surface area contributed by atoms with Gasteiger partial charge in [0.15, 0.2) is 0 Å². The molecule has 1 fully saturated rings. The average molecular weight is 266 g/mol. The number of nitrogens with one attached hydrogen (secondary N) is 1. The molecule has 0 aromatic heterocycles. The molecule has 1 unspecified atom stereocenters. The Morgan fingerprint density at radius 2 is 2.33 bits per heavy atom. The van der Waals surface area contributed by atoms with E-state index < -0.39 is 0 Å². The van der Waals surface area contributed by atoms with Crippen molar-refractivity contribution in [2.75, 3.05) is 17.6 Å². The van der Waals surface area contributed by atoms with Crippen LogP contribution in [0.4, 0.5) is 11.4 Å². The van der Waals surface area contributed by atoms with Gasteiger partial charge in [0.2, 0.25) is 0 Å². The number of anilines is 1. The zero-order valence-electron chi connectivity index (χ0n) is 10.5. The van der Waals surface area contributed by atoms with Crippen LogP contribution in [-0.2, 0) is 0 Å². The second kappa shape index (κ2) is 6.09. The van der Waals surface area contributed by atoms with Crippen LogP contribution in [0.5, 0.6) is 0 Å². The number of benzene rings is 1. The summed E-state index contributed by atoms with van der Waals surface area (Å²) in [6.07, 6.45) is 3.92. The van der Waals surface area contributed by atoms with Crippen LogP contribution in [0, 0.1) is 17.0 Å². The van der Waals surface area contributed by atoms with E-state index in [0.29, 0.717) is 10.8 Å². The monoisotopic (exact) mass is 266 g/mol. The van der Waals surface area contributed by atoms with Crippen molar-refractivity contribution >= 4 is 23.1 Å². The van der Waals surface area contributed by atoms with Crippen molar-refractivity contribution in [1.29, 1.82) is 0 Å². The molecule has 2 rings (SSSR count). The lowest BCUT2D eigenvalue weighted by Gasteiger charge is -2.22. The maximum Gasteiger partial charge on any atom is 0.272 e. The fourth-order valence-electron chi connectivity index (χ4n) is 2.17. The van der Waals surface area contributed by atoms with E-state index in [4.69, 9.17) is 0 Å². The fraction of sp³-hybridized carbons (Fsp3) is 0.538. The summed E-state index contributed by atoms with van der Waals surface area (Å²) in [4.78, 5) is 10.4. The second-order valence-electron chi connectivity index (χ2n) is 4.63. The van der Waals surface area contributed by atoms with Gasteiger partial charge in [-0.2, -0.15) is 11.8 Å². The molecule has 0 radical (unpaired) electrons. The minimum atomic E-state index is -0.337. The summed E-state index contributed by atoms with van der Waals surface area (Å²) in [6, 6.07) is 5.22. The summed E-state index contributed by atoms with van der Waals surface area (Å²) in [5.74, 6) is 1.26. The molecular formula is C13H18N2O2S. The van der Waals surface area contributed by atoms with Crippen LogP contribution < -0.4 is 5.32 Å². The Balaban J connectivity index is 1.93. The molecule has 98 valence electrons. The zero-order valence-corrected chi connectivity index (χ0v) is 11.3. The van der Waals surface area contributed by atoms with Gasteiger partial charge in [-0.3, -0.25) is 10.1 Å². The van der Waals surface area contributed by atoms with Crippen molar-refractivity contribution in [3.8, 4) is 0 Å². The Labute approximate surface area is 111 Å². The first-order valence-corrected chi connectivity index (χ1v) is 7.32. The largest absolute Gasteiger partial charge is 0.384 e. The van der Waals surface area contributed by atoms with Crippen molar-refractivity contribution in [2.45, 2.75) is 31.4 Å². The molecular weight excluding hydrogens is 248 g/mol. The fourth-order valence-corrected chi connectivity index (χ4v) is 3.41. The second-order valence-corrected chi connectivity index (χ2v) is 6.04. The lowest BCUT2D eigenvalue weighted by atomic mass is 10.1. The molecule has 4 nitrogen and oxygen atoms in total. The molecule has 1 aromatic carbocycles. The van der Waals surface area contributed by atoms with Gasteiger partial charge in [-0.05, 0) is 37.7 Å². The van der Waals surface area contributed by atoms with Crippen molar-refractivity contribution < 1.29 is 4.92 Å². The Hall–Kier alpha value is -1.23. The molecule has 0 saturated carbocycles. The Morgan fingerprint density at radius 3 is 2.94 bits per heavy atom. The highest BCUT2D eigenvalue weighted by Crippen LogP contribution is 2.26. The molecule has 1 atom stereocenters. The summed E-state index contributed by atoms with van der Waals surface area (Å²) in [5, 5.41) is 14.8. The molecule has 1 aliphatic heterocycles. The van der Waals surface area contributed by atoms with Gasteiger partial charge in [0, 0.05) is 29.1 Å². The molecule has 1 heterocycles. The lowest BCUT2D eigenvalue weighted by Crippen LogP contribution is -2.20. The van der Waals surface area contributed by atoms with E-state index in [-0.39, 0.29) is 10.6 Å². The van der Waals surface area contributed by atoms with Gasteiger partial charge in [-0.15, -0.1) is 0 Å². The van der Waals surface area contributed by atoms with Gasteiger partial charge in [-0.1, -0.05) is 6.42 Å². The topological polar surface area (TPSA) is 55.2 Å². The zero-order chi connectivity index (χ0) is 13.0. The number of nitrogens with zero attached hydrogens (tertiary/aromatic N) is 1. The third-order valence-corrected chi connectivity index (χ3v) is 4.60. The first-order valence-electron chi connectivity index (χ1n) is 6.27. The number of nitro groups is 1. The smallest absolute Gasteiger partial charge is 0.272 e. The predicted octanol–water partition coefficient (Wildman–Crippen LogP) is 3.60. The molecule has 0 bridgehead atoms. The summed E-state index contributed by atoms with van der Waals surface area (Å²) < 4.78 is 0. The number of nitro benzene ring substituents is 1. The number of hydrogen-bond donors (Lipinski definition) is 1. The van der Waals surface area contributed by atoms with Crippen LogP contribution in [-0.4, -0.2) is 22.5 Å². The third kappa shape index (κ3) is 3.38. The normalized spacial score (nSPS) is 19.5. The molecule has 18 heavy (non-hydrogen) atoms. The summed E-state index contributed by atoms with van der Waals surface area (Å²) >= 11 is 2.02. The maximum absolute atomic E-state index is 10.7. The van der Waals surface area contributed by atoms with Crippen LogP contribution in [0.25, 0.3) is 0 Å². The highest BCUT2D eigenvalue weighted by atomic mass is 32.2. The van der Waals surface area contributed by atoms with E-state index in [1.54, 1.807) is 19.1 Å². The standard InChI is InChI=1S/C13H18N2O2S/c1-10-8-11(5-6-13(10)15(16)17)14-9-12-4-2-3-7-18-12/h5-6,8,12,14H,2-4,7,9H2,1H3. The van der Waals surface area contributed by atoms with E-state index in [1.807, 2.05) is 17.8 Å². The van der Waals surface area contributed by atoms with Crippen molar-refractivity contribution in [1.82, 2.24) is 0 Å². The number of rotatable bonds is 4. The Morgan fingerprint density at radius 1 is 1.50 bits per heavy atom. The molecule has 5 heteroatoms. The quantitative estimate of drug-likeness (QED) is 0.668. The summed E-state index contributed by atoms with van der Waals surface area (Å²) in [7, 11) is 0. The molecule has 1 saturated heterocycles. The van der Waals surface area contributed by atoms with Crippen LogP contribution in [0.2, 0.25) is 0 Å². The van der Waals surface area contributed by atoms with Crippen molar-refractivity contribution in [3.05, 3.63) is 33.9 Å². The molecule has 1 aliphatic rings. The maximum atomic E-state index is 10.7. The van der Waals surface area contributed by atoms with Crippen LogP contribution in [0.1, 0.15) is 24.8 Å². The number of hydrogen-bond acceptors (Lipinski definition) is 4. The lowest BCUT2D eigenvalue weighted by molar-refractivity contribution is -0.385. The van der Waals surface area contributed by atoms with Gasteiger partial charge in [0.25, 0.3) is 5.69 Å². The summed E-state index contributed by atoms with van der Waals surface area (Å²) in [5.41, 5.74) is 1.87. The number of aryl methyl sites for hydroxylation is 1. The van der Waals surface area contributed by atoms with E-state index >= 15 is 0 Å². The van der Waals surface area contributed by atoms with E-state index in [1.165, 1.54) is 25.0 Å². The van der Waals surface area contributed by atoms with Gasteiger partial charge >= 0.3 is 0 Å². The van der Waals surface area contributed by atoms with Gasteiger partial charge in [0.05, 0.1) is 4.92 Å². The average Bonchev–Trinajstić information content (AvgIpc) is 2.37. The highest BCUT2D eigenvalue weighted by Gasteiger charge is 2.14.